The van der Waals surface area contributed by atoms with E-state index in [4.69, 9.17) is 0 Å². The van der Waals surface area contributed by atoms with E-state index in [0.717, 1.165) is 37.0 Å². The van der Waals surface area contributed by atoms with E-state index in [1.54, 1.807) is 5.57 Å². The van der Waals surface area contributed by atoms with Crippen LogP contribution in [0.15, 0.2) is 11.6 Å². The predicted octanol–water partition coefficient (Wildman–Crippen LogP) is 4.52. The number of aliphatic hydroxyl groups excluding tert-OH is 1. The van der Waals surface area contributed by atoms with Crippen molar-refractivity contribution in [3.05, 3.63) is 11.6 Å². The first-order chi connectivity index (χ1) is 11.3. The van der Waals surface area contributed by atoms with Crippen molar-refractivity contribution in [2.45, 2.75) is 78.2 Å². The van der Waals surface area contributed by atoms with Crippen molar-refractivity contribution in [1.82, 2.24) is 0 Å². The first-order valence-corrected chi connectivity index (χ1v) is 10.2. The average Bonchev–Trinajstić information content (AvgIpc) is 3.21. The molecule has 0 radical (unpaired) electrons. The number of carbonyl (C=O) groups excluding carboxylic acids is 1. The summed E-state index contributed by atoms with van der Waals surface area (Å²) in [5.41, 5.74) is 2.19. The van der Waals surface area contributed by atoms with Crippen LogP contribution in [0.2, 0.25) is 0 Å². The molecule has 5 rings (SSSR count). The highest BCUT2D eigenvalue weighted by atomic mass is 16.3. The van der Waals surface area contributed by atoms with Crippen molar-refractivity contribution < 1.29 is 9.90 Å². The lowest BCUT2D eigenvalue weighted by molar-refractivity contribution is -0.132. The molecule has 0 bridgehead atoms. The normalized spacial score (nSPS) is 58.0. The number of Topliss-reactive ketones (excluding diaryl/α,β-unsaturated/α-hetero) is 1. The third kappa shape index (κ3) is 1.60. The van der Waals surface area contributed by atoms with Crippen molar-refractivity contribution in [2.75, 3.05) is 0 Å². The summed E-state index contributed by atoms with van der Waals surface area (Å²) in [7, 11) is 0. The molecule has 0 aliphatic heterocycles. The van der Waals surface area contributed by atoms with Gasteiger partial charge in [-0.05, 0) is 92.8 Å². The van der Waals surface area contributed by atoms with E-state index in [1.165, 1.54) is 32.1 Å². The van der Waals surface area contributed by atoms with Gasteiger partial charge in [-0.25, -0.2) is 0 Å². The molecule has 4 saturated carbocycles. The highest BCUT2D eigenvalue weighted by Gasteiger charge is 2.76. The quantitative estimate of drug-likeness (QED) is 0.719. The summed E-state index contributed by atoms with van der Waals surface area (Å²) in [5.74, 6) is 3.48. The molecule has 1 unspecified atom stereocenters. The van der Waals surface area contributed by atoms with Crippen molar-refractivity contribution in [1.29, 1.82) is 0 Å². The lowest BCUT2D eigenvalue weighted by Gasteiger charge is -2.58. The fraction of sp³-hybridized carbons (Fsp3) is 0.864. The summed E-state index contributed by atoms with van der Waals surface area (Å²) >= 11 is 0. The average molecular weight is 328 g/mol. The lowest BCUT2D eigenvalue weighted by Crippen LogP contribution is -2.52. The Kier molecular flexibility index (Phi) is 2.96. The Morgan fingerprint density at radius 1 is 1.21 bits per heavy atom. The van der Waals surface area contributed by atoms with Gasteiger partial charge in [-0.3, -0.25) is 4.79 Å². The molecule has 0 aromatic carbocycles. The minimum absolute atomic E-state index is 0.0519. The van der Waals surface area contributed by atoms with Gasteiger partial charge in [-0.15, -0.1) is 0 Å². The fourth-order valence-corrected chi connectivity index (χ4v) is 8.40. The van der Waals surface area contributed by atoms with Crippen molar-refractivity contribution in [2.24, 2.45) is 39.9 Å². The van der Waals surface area contributed by atoms with Crippen molar-refractivity contribution in [3.63, 3.8) is 0 Å². The molecule has 132 valence electrons. The van der Waals surface area contributed by atoms with Crippen LogP contribution in [0.4, 0.5) is 0 Å². The van der Waals surface area contributed by atoms with E-state index in [2.05, 4.69) is 19.9 Å². The van der Waals surface area contributed by atoms with Gasteiger partial charge >= 0.3 is 0 Å². The van der Waals surface area contributed by atoms with E-state index in [1.807, 2.05) is 6.92 Å². The summed E-state index contributed by atoms with van der Waals surface area (Å²) in [6.07, 6.45) is 11.6. The highest BCUT2D eigenvalue weighted by molar-refractivity contribution is 5.87. The number of fused-ring (bicyclic) bond motifs is 7. The lowest BCUT2D eigenvalue weighted by atomic mass is 9.46. The molecule has 2 heteroatoms. The number of ketones is 1. The first kappa shape index (κ1) is 15.6. The summed E-state index contributed by atoms with van der Waals surface area (Å²) in [6, 6.07) is 0. The van der Waals surface area contributed by atoms with Gasteiger partial charge in [0.05, 0.1) is 6.10 Å². The molecule has 5 aliphatic rings. The number of carbonyl (C=O) groups is 1. The zero-order chi connectivity index (χ0) is 16.9. The van der Waals surface area contributed by atoms with Crippen LogP contribution in [0.5, 0.6) is 0 Å². The standard InChI is InChI=1S/C22H32O2/c1-13(23)22-12-15(22)11-19-17-5-4-14-10-16(24)6-8-20(14,2)18(17)7-9-21(19,22)3/h4,15-19,24H,5-12H2,1-3H3/t15?,16-,17+,18-,19-,20-,21-,22-/m0/s1. The summed E-state index contributed by atoms with van der Waals surface area (Å²) in [5, 5.41) is 10.1. The Bertz CT molecular complexity index is 636. The molecule has 0 aromatic rings. The number of allylic oxidation sites excluding steroid dienone is 1. The SMILES string of the molecule is CC(=O)[C@@]12CC1C[C@H]1[C@@H]3CC=C4C[C@@H](O)CC[C@]4(C)[C@H]3CC[C@@]12C. The van der Waals surface area contributed by atoms with Gasteiger partial charge in [0.2, 0.25) is 0 Å². The molecule has 0 saturated heterocycles. The van der Waals surface area contributed by atoms with Crippen LogP contribution in [0.25, 0.3) is 0 Å². The maximum Gasteiger partial charge on any atom is 0.136 e. The number of hydrogen-bond donors (Lipinski definition) is 1. The van der Waals surface area contributed by atoms with E-state index in [9.17, 15) is 9.90 Å². The highest BCUT2D eigenvalue weighted by Crippen LogP contribution is 2.80. The second-order valence-corrected chi connectivity index (χ2v) is 10.3. The van der Waals surface area contributed by atoms with Crippen molar-refractivity contribution >= 4 is 5.78 Å². The zero-order valence-electron chi connectivity index (χ0n) is 15.5. The predicted molar refractivity (Wildman–Crippen MR) is 94.3 cm³/mol. The van der Waals surface area contributed by atoms with E-state index < -0.39 is 0 Å². The Morgan fingerprint density at radius 2 is 2.00 bits per heavy atom. The molecule has 8 atom stereocenters. The Hall–Kier alpha value is -0.630. The number of rotatable bonds is 1. The first-order valence-electron chi connectivity index (χ1n) is 10.2. The summed E-state index contributed by atoms with van der Waals surface area (Å²) in [4.78, 5) is 12.5. The minimum Gasteiger partial charge on any atom is -0.393 e. The van der Waals surface area contributed by atoms with Crippen LogP contribution in [0.3, 0.4) is 0 Å². The van der Waals surface area contributed by atoms with Crippen LogP contribution in [-0.4, -0.2) is 17.0 Å². The zero-order valence-corrected chi connectivity index (χ0v) is 15.5. The Labute approximate surface area is 146 Å². The van der Waals surface area contributed by atoms with Crippen LogP contribution >= 0.6 is 0 Å². The van der Waals surface area contributed by atoms with E-state index >= 15 is 0 Å². The van der Waals surface area contributed by atoms with Gasteiger partial charge < -0.3 is 5.11 Å². The molecule has 1 N–H and O–H groups in total. The summed E-state index contributed by atoms with van der Waals surface area (Å²) < 4.78 is 0. The van der Waals surface area contributed by atoms with E-state index in [-0.39, 0.29) is 16.9 Å². The molecule has 5 aliphatic carbocycles. The molecule has 0 heterocycles. The van der Waals surface area contributed by atoms with Crippen LogP contribution in [-0.2, 0) is 4.79 Å². The van der Waals surface area contributed by atoms with Crippen molar-refractivity contribution in [3.8, 4) is 0 Å². The van der Waals surface area contributed by atoms with Crippen LogP contribution in [0, 0.1) is 39.9 Å². The van der Waals surface area contributed by atoms with E-state index in [0.29, 0.717) is 17.1 Å². The third-order valence-corrected chi connectivity index (χ3v) is 9.76. The smallest absolute Gasteiger partial charge is 0.136 e. The summed E-state index contributed by atoms with van der Waals surface area (Å²) in [6.45, 7) is 6.82. The molecule has 4 fully saturated rings. The largest absolute Gasteiger partial charge is 0.393 e. The van der Waals surface area contributed by atoms with Gasteiger partial charge in [-0.1, -0.05) is 25.5 Å². The van der Waals surface area contributed by atoms with Gasteiger partial charge in [0.25, 0.3) is 0 Å². The second-order valence-electron chi connectivity index (χ2n) is 10.3. The topological polar surface area (TPSA) is 37.3 Å². The minimum atomic E-state index is -0.116. The molecular weight excluding hydrogens is 296 g/mol. The second kappa shape index (κ2) is 4.55. The molecule has 24 heavy (non-hydrogen) atoms. The fourth-order valence-electron chi connectivity index (χ4n) is 8.40. The molecule has 0 amide bonds. The monoisotopic (exact) mass is 328 g/mol. The van der Waals surface area contributed by atoms with Gasteiger partial charge in [0.15, 0.2) is 0 Å². The molecular formula is C22H32O2. The maximum atomic E-state index is 12.5. The number of aliphatic hydroxyl groups is 1. The Morgan fingerprint density at radius 3 is 2.75 bits per heavy atom. The Balaban J connectivity index is 1.51. The maximum absolute atomic E-state index is 12.5. The van der Waals surface area contributed by atoms with Crippen LogP contribution < -0.4 is 0 Å². The van der Waals surface area contributed by atoms with Gasteiger partial charge in [0.1, 0.15) is 5.78 Å². The molecule has 0 spiro atoms. The molecule has 0 aromatic heterocycles. The third-order valence-electron chi connectivity index (χ3n) is 9.76. The van der Waals surface area contributed by atoms with Gasteiger partial charge in [0, 0.05) is 5.41 Å². The molecule has 2 nitrogen and oxygen atoms in total. The van der Waals surface area contributed by atoms with Gasteiger partial charge in [-0.2, -0.15) is 0 Å². The number of hydrogen-bond acceptors (Lipinski definition) is 2. The van der Waals surface area contributed by atoms with Crippen LogP contribution in [0.1, 0.15) is 72.1 Å².